The Morgan fingerprint density at radius 3 is 2.64 bits per heavy atom. The Morgan fingerprint density at radius 2 is 2.04 bits per heavy atom. The molecule has 25 heavy (non-hydrogen) atoms. The van der Waals surface area contributed by atoms with Gasteiger partial charge in [0.2, 0.25) is 0 Å². The number of hydrogen-bond acceptors (Lipinski definition) is 3. The van der Waals surface area contributed by atoms with Crippen LogP contribution in [0.5, 0.6) is 0 Å². The summed E-state index contributed by atoms with van der Waals surface area (Å²) in [5.74, 6) is -0.834. The number of nitrogens with one attached hydrogen (secondary N) is 1. The van der Waals surface area contributed by atoms with E-state index in [0.29, 0.717) is 41.7 Å². The van der Waals surface area contributed by atoms with E-state index in [-0.39, 0.29) is 10.8 Å². The van der Waals surface area contributed by atoms with Gasteiger partial charge in [-0.25, -0.2) is 0 Å². The van der Waals surface area contributed by atoms with Gasteiger partial charge in [-0.3, -0.25) is 4.79 Å². The lowest BCUT2D eigenvalue weighted by Crippen LogP contribution is -2.31. The summed E-state index contributed by atoms with van der Waals surface area (Å²) in [5, 5.41) is 12.5. The van der Waals surface area contributed by atoms with Gasteiger partial charge >= 0.3 is 6.18 Å². The molecule has 0 spiro atoms. The minimum absolute atomic E-state index is 0.102. The van der Waals surface area contributed by atoms with Gasteiger partial charge in [-0.1, -0.05) is 17.7 Å². The van der Waals surface area contributed by atoms with Crippen molar-refractivity contribution >= 4 is 17.4 Å². The molecule has 1 N–H and O–H groups in total. The minimum Gasteiger partial charge on any atom is -0.361 e. The van der Waals surface area contributed by atoms with Gasteiger partial charge < -0.3 is 5.32 Å². The van der Waals surface area contributed by atoms with E-state index in [1.807, 2.05) is 0 Å². The molecule has 1 aromatic carbocycles. The molecule has 1 aliphatic carbocycles. The van der Waals surface area contributed by atoms with Crippen LogP contribution >= 0.6 is 11.6 Å². The summed E-state index contributed by atoms with van der Waals surface area (Å²) in [6.07, 6.45) is -2.79. The molecule has 2 aliphatic rings. The standard InChI is InChI=1S/C18H14ClF3N2O/c1-9-12(8-23)16(17-14(24-9)3-2-4-15(17)25)11-6-5-10(7-13(11)19)18(20,21)22/h5-7,16,24H,2-4H2,1H3/t16-/m1/s1. The number of nitrogens with zero attached hydrogens (tertiary/aromatic N) is 1. The van der Waals surface area contributed by atoms with Gasteiger partial charge in [-0.05, 0) is 37.5 Å². The van der Waals surface area contributed by atoms with Crippen molar-refractivity contribution in [3.8, 4) is 6.07 Å². The molecular weight excluding hydrogens is 353 g/mol. The number of alkyl halides is 3. The lowest BCUT2D eigenvalue weighted by atomic mass is 9.75. The lowest BCUT2D eigenvalue weighted by Gasteiger charge is -2.33. The van der Waals surface area contributed by atoms with E-state index in [4.69, 9.17) is 11.6 Å². The lowest BCUT2D eigenvalue weighted by molar-refractivity contribution is -0.137. The molecule has 0 amide bonds. The van der Waals surface area contributed by atoms with E-state index in [1.54, 1.807) is 6.92 Å². The second-order valence-corrected chi connectivity index (χ2v) is 6.52. The number of allylic oxidation sites excluding steroid dienone is 4. The molecule has 3 nitrogen and oxygen atoms in total. The third kappa shape index (κ3) is 3.05. The molecule has 0 aromatic heterocycles. The maximum atomic E-state index is 12.9. The number of carbonyl (C=O) groups excluding carboxylic acids is 1. The van der Waals surface area contributed by atoms with Crippen LogP contribution in [0.1, 0.15) is 43.2 Å². The summed E-state index contributed by atoms with van der Waals surface area (Å²) in [4.78, 5) is 12.5. The minimum atomic E-state index is -4.51. The third-order valence-corrected chi connectivity index (χ3v) is 4.86. The average molecular weight is 367 g/mol. The maximum absolute atomic E-state index is 12.9. The van der Waals surface area contributed by atoms with Crippen LogP contribution in [0.25, 0.3) is 0 Å². The third-order valence-electron chi connectivity index (χ3n) is 4.54. The largest absolute Gasteiger partial charge is 0.416 e. The van der Waals surface area contributed by atoms with E-state index in [9.17, 15) is 23.2 Å². The first-order valence-electron chi connectivity index (χ1n) is 7.74. The zero-order valence-electron chi connectivity index (χ0n) is 13.3. The van der Waals surface area contributed by atoms with Crippen molar-refractivity contribution in [1.82, 2.24) is 5.32 Å². The first-order chi connectivity index (χ1) is 11.7. The van der Waals surface area contributed by atoms with Gasteiger partial charge in [0.05, 0.1) is 23.1 Å². The number of benzene rings is 1. The van der Waals surface area contributed by atoms with Crippen LogP contribution in [0.2, 0.25) is 5.02 Å². The van der Waals surface area contributed by atoms with Gasteiger partial charge in [0.15, 0.2) is 5.78 Å². The Morgan fingerprint density at radius 1 is 1.32 bits per heavy atom. The van der Waals surface area contributed by atoms with Crippen LogP contribution in [0.15, 0.2) is 40.7 Å². The van der Waals surface area contributed by atoms with Crippen molar-refractivity contribution in [2.45, 2.75) is 38.3 Å². The van der Waals surface area contributed by atoms with Crippen LogP contribution < -0.4 is 5.32 Å². The highest BCUT2D eigenvalue weighted by molar-refractivity contribution is 6.31. The van der Waals surface area contributed by atoms with Crippen LogP contribution in [-0.2, 0) is 11.0 Å². The van der Waals surface area contributed by atoms with Gasteiger partial charge in [0.25, 0.3) is 0 Å². The van der Waals surface area contributed by atoms with Crippen LogP contribution in [0.3, 0.4) is 0 Å². The highest BCUT2D eigenvalue weighted by Gasteiger charge is 2.38. The smallest absolute Gasteiger partial charge is 0.361 e. The Hall–Kier alpha value is -2.26. The summed E-state index contributed by atoms with van der Waals surface area (Å²) >= 11 is 6.13. The van der Waals surface area contributed by atoms with Crippen molar-refractivity contribution in [3.05, 3.63) is 56.9 Å². The van der Waals surface area contributed by atoms with E-state index in [0.717, 1.165) is 17.8 Å². The molecule has 7 heteroatoms. The van der Waals surface area contributed by atoms with Crippen LogP contribution in [0.4, 0.5) is 13.2 Å². The number of halogens is 4. The molecule has 0 radical (unpaired) electrons. The van der Waals surface area contributed by atoms with Crippen molar-refractivity contribution < 1.29 is 18.0 Å². The van der Waals surface area contributed by atoms with E-state index >= 15 is 0 Å². The fraction of sp³-hybridized carbons (Fsp3) is 0.333. The molecule has 130 valence electrons. The number of dihydropyridines is 1. The maximum Gasteiger partial charge on any atom is 0.416 e. The van der Waals surface area contributed by atoms with Gasteiger partial charge in [-0.2, -0.15) is 18.4 Å². The summed E-state index contributed by atoms with van der Waals surface area (Å²) in [5.41, 5.74) is 1.55. The SMILES string of the molecule is CC1=C(C#N)[C@@H](c2ccc(C(F)(F)F)cc2Cl)C2=C(CCCC2=O)N1. The average Bonchev–Trinajstić information content (AvgIpc) is 2.53. The summed E-state index contributed by atoms with van der Waals surface area (Å²) < 4.78 is 38.7. The Balaban J connectivity index is 2.18. The topological polar surface area (TPSA) is 52.9 Å². The van der Waals surface area contributed by atoms with E-state index in [1.165, 1.54) is 6.07 Å². The van der Waals surface area contributed by atoms with E-state index in [2.05, 4.69) is 11.4 Å². The molecule has 1 atom stereocenters. The molecule has 3 rings (SSSR count). The second-order valence-electron chi connectivity index (χ2n) is 6.11. The predicted molar refractivity (Wildman–Crippen MR) is 86.5 cm³/mol. The highest BCUT2D eigenvalue weighted by Crippen LogP contribution is 2.44. The fourth-order valence-electron chi connectivity index (χ4n) is 3.38. The molecule has 1 aromatic rings. The van der Waals surface area contributed by atoms with Crippen molar-refractivity contribution in [2.75, 3.05) is 0 Å². The number of nitriles is 1. The van der Waals surface area contributed by atoms with Gasteiger partial charge in [-0.15, -0.1) is 0 Å². The normalized spacial score (nSPS) is 21.0. The molecule has 0 saturated heterocycles. The number of carbonyl (C=O) groups is 1. The summed E-state index contributed by atoms with van der Waals surface area (Å²) in [6, 6.07) is 5.12. The van der Waals surface area contributed by atoms with Crippen LogP contribution in [-0.4, -0.2) is 5.78 Å². The molecular formula is C18H14ClF3N2O. The number of ketones is 1. The first-order valence-corrected chi connectivity index (χ1v) is 8.12. The summed E-state index contributed by atoms with van der Waals surface area (Å²) in [7, 11) is 0. The zero-order valence-corrected chi connectivity index (χ0v) is 14.1. The van der Waals surface area contributed by atoms with Crippen molar-refractivity contribution in [1.29, 1.82) is 5.26 Å². The monoisotopic (exact) mass is 366 g/mol. The highest BCUT2D eigenvalue weighted by atomic mass is 35.5. The zero-order chi connectivity index (χ0) is 18.4. The number of hydrogen-bond donors (Lipinski definition) is 1. The fourth-order valence-corrected chi connectivity index (χ4v) is 3.67. The summed E-state index contributed by atoms with van der Waals surface area (Å²) in [6.45, 7) is 1.71. The molecule has 0 bridgehead atoms. The quantitative estimate of drug-likeness (QED) is 0.773. The number of Topliss-reactive ketones (excluding diaryl/α,β-unsaturated/α-hetero) is 1. The Bertz CT molecular complexity index is 862. The van der Waals surface area contributed by atoms with Gasteiger partial charge in [0.1, 0.15) is 0 Å². The number of rotatable bonds is 1. The van der Waals surface area contributed by atoms with E-state index < -0.39 is 17.7 Å². The van der Waals surface area contributed by atoms with Crippen LogP contribution in [0, 0.1) is 11.3 Å². The molecule has 1 aliphatic heterocycles. The molecule has 0 fully saturated rings. The predicted octanol–water partition coefficient (Wildman–Crippen LogP) is 4.85. The molecule has 0 unspecified atom stereocenters. The molecule has 0 saturated carbocycles. The molecule has 1 heterocycles. The van der Waals surface area contributed by atoms with Crippen molar-refractivity contribution in [3.63, 3.8) is 0 Å². The van der Waals surface area contributed by atoms with Crippen molar-refractivity contribution in [2.24, 2.45) is 0 Å². The van der Waals surface area contributed by atoms with Gasteiger partial charge in [0, 0.05) is 28.4 Å². The Kier molecular flexibility index (Phi) is 4.38. The first kappa shape index (κ1) is 17.6. The second kappa shape index (κ2) is 6.23. The Labute approximate surface area is 147 Å².